The molecule has 2 heterocycles. The van der Waals surface area contributed by atoms with Crippen molar-refractivity contribution in [3.05, 3.63) is 143 Å². The summed E-state index contributed by atoms with van der Waals surface area (Å²) in [5.41, 5.74) is 6.99. The number of aromatic nitrogens is 1. The van der Waals surface area contributed by atoms with Crippen LogP contribution in [0.2, 0.25) is 5.02 Å². The number of methoxy groups -OCH3 is 2. The van der Waals surface area contributed by atoms with Crippen LogP contribution in [-0.2, 0) is 13.0 Å². The Morgan fingerprint density at radius 3 is 2.49 bits per heavy atom. The lowest BCUT2D eigenvalue weighted by Gasteiger charge is -2.31. The van der Waals surface area contributed by atoms with Gasteiger partial charge in [0.2, 0.25) is 0 Å². The Labute approximate surface area is 281 Å². The lowest BCUT2D eigenvalue weighted by molar-refractivity contribution is 0.269. The molecule has 0 bridgehead atoms. The van der Waals surface area contributed by atoms with Gasteiger partial charge in [0.05, 0.1) is 37.1 Å². The minimum atomic E-state index is -0.337. The van der Waals surface area contributed by atoms with Gasteiger partial charge in [0, 0.05) is 16.1 Å². The molecule has 2 aliphatic rings. The Hall–Kier alpha value is -4.79. The van der Waals surface area contributed by atoms with Crippen molar-refractivity contribution in [2.75, 3.05) is 20.8 Å². The maximum atomic E-state index is 14.3. The van der Waals surface area contributed by atoms with Crippen molar-refractivity contribution < 1.29 is 18.9 Å². The predicted molar refractivity (Wildman–Crippen MR) is 186 cm³/mol. The van der Waals surface area contributed by atoms with Crippen molar-refractivity contribution in [1.29, 1.82) is 0 Å². The lowest BCUT2D eigenvalue weighted by atomic mass is 9.83. The molecule has 0 saturated carbocycles. The van der Waals surface area contributed by atoms with Crippen molar-refractivity contribution in [3.63, 3.8) is 0 Å². The van der Waals surface area contributed by atoms with Crippen LogP contribution >= 0.6 is 22.9 Å². The number of benzene rings is 4. The standard InChI is InChI=1S/C38H33ClN2O5S/c1-4-45-33-19-23(13-17-31(33)46-22-26-10-6-8-12-29(26)39)20-34-37(42)41-36(25-15-18-30(43-2)32(21-25)44-3)28-16-14-24-9-5-7-11-27(24)35(28)40-38(41)47-34/h5-13,15,17-21,36H,4,14,16,22H2,1-3H3/b34-20+/t36-/m0/s1. The van der Waals surface area contributed by atoms with Gasteiger partial charge in [-0.2, -0.15) is 0 Å². The van der Waals surface area contributed by atoms with Crippen LogP contribution in [0.1, 0.15) is 47.2 Å². The minimum absolute atomic E-state index is 0.101. The first-order chi connectivity index (χ1) is 23.0. The highest BCUT2D eigenvalue weighted by Gasteiger charge is 2.33. The van der Waals surface area contributed by atoms with E-state index in [1.165, 1.54) is 16.9 Å². The quantitative estimate of drug-likeness (QED) is 0.170. The van der Waals surface area contributed by atoms with E-state index in [0.29, 0.717) is 50.6 Å². The molecule has 7 nitrogen and oxygen atoms in total. The third-order valence-electron chi connectivity index (χ3n) is 8.50. The summed E-state index contributed by atoms with van der Waals surface area (Å²) in [6.45, 7) is 2.70. The summed E-state index contributed by atoms with van der Waals surface area (Å²) in [4.78, 5) is 20.1. The molecule has 0 radical (unpaired) electrons. The van der Waals surface area contributed by atoms with E-state index < -0.39 is 0 Å². The largest absolute Gasteiger partial charge is 0.493 e. The highest BCUT2D eigenvalue weighted by Crippen LogP contribution is 2.43. The van der Waals surface area contributed by atoms with Gasteiger partial charge in [0.15, 0.2) is 27.8 Å². The van der Waals surface area contributed by atoms with E-state index in [2.05, 4.69) is 18.2 Å². The Morgan fingerprint density at radius 1 is 0.894 bits per heavy atom. The van der Waals surface area contributed by atoms with Crippen molar-refractivity contribution in [2.45, 2.75) is 32.4 Å². The van der Waals surface area contributed by atoms with Gasteiger partial charge >= 0.3 is 0 Å². The fourth-order valence-corrected chi connectivity index (χ4v) is 7.46. The monoisotopic (exact) mass is 664 g/mol. The summed E-state index contributed by atoms with van der Waals surface area (Å²) in [6.07, 6.45) is 3.57. The van der Waals surface area contributed by atoms with E-state index in [9.17, 15) is 4.79 Å². The third kappa shape index (κ3) is 5.83. The smallest absolute Gasteiger partial charge is 0.271 e. The van der Waals surface area contributed by atoms with E-state index >= 15 is 0 Å². The maximum absolute atomic E-state index is 14.3. The molecule has 0 unspecified atom stereocenters. The van der Waals surface area contributed by atoms with Crippen LogP contribution < -0.4 is 33.8 Å². The first-order valence-electron chi connectivity index (χ1n) is 15.5. The third-order valence-corrected chi connectivity index (χ3v) is 9.85. The molecule has 9 heteroatoms. The summed E-state index contributed by atoms with van der Waals surface area (Å²) in [6, 6.07) is 27.2. The first kappa shape index (κ1) is 30.8. The molecular weight excluding hydrogens is 632 g/mol. The number of rotatable bonds is 9. The van der Waals surface area contributed by atoms with Crippen molar-refractivity contribution in [2.24, 2.45) is 4.99 Å². The molecule has 1 aliphatic carbocycles. The maximum Gasteiger partial charge on any atom is 0.271 e. The molecule has 1 aliphatic heterocycles. The van der Waals surface area contributed by atoms with Crippen molar-refractivity contribution >= 4 is 34.7 Å². The predicted octanol–water partition coefficient (Wildman–Crippen LogP) is 6.97. The zero-order valence-corrected chi connectivity index (χ0v) is 27.9. The number of halogens is 1. The zero-order chi connectivity index (χ0) is 32.5. The fourth-order valence-electron chi connectivity index (χ4n) is 6.27. The van der Waals surface area contributed by atoms with Gasteiger partial charge in [-0.1, -0.05) is 77.5 Å². The zero-order valence-electron chi connectivity index (χ0n) is 26.3. The van der Waals surface area contributed by atoms with Gasteiger partial charge in [-0.15, -0.1) is 0 Å². The van der Waals surface area contributed by atoms with Crippen LogP contribution in [0.5, 0.6) is 23.0 Å². The average molecular weight is 665 g/mol. The van der Waals surface area contributed by atoms with Gasteiger partial charge in [0.1, 0.15) is 6.61 Å². The molecule has 238 valence electrons. The van der Waals surface area contributed by atoms with E-state index in [4.69, 9.17) is 35.5 Å². The van der Waals surface area contributed by atoms with E-state index in [1.54, 1.807) is 14.2 Å². The summed E-state index contributed by atoms with van der Waals surface area (Å²) in [5.74, 6) is 2.44. The van der Waals surface area contributed by atoms with Crippen LogP contribution in [0.4, 0.5) is 0 Å². The number of allylic oxidation sites excluding steroid dienone is 1. The Balaban J connectivity index is 1.33. The van der Waals surface area contributed by atoms with Gasteiger partial charge in [-0.3, -0.25) is 9.36 Å². The van der Waals surface area contributed by atoms with Gasteiger partial charge in [-0.05, 0) is 78.4 Å². The van der Waals surface area contributed by atoms with Gasteiger partial charge in [0.25, 0.3) is 5.56 Å². The van der Waals surface area contributed by atoms with Gasteiger partial charge in [-0.25, -0.2) is 4.99 Å². The van der Waals surface area contributed by atoms with Crippen LogP contribution in [0.15, 0.2) is 100 Å². The molecule has 0 saturated heterocycles. The molecular formula is C38H33ClN2O5S. The number of fused-ring (bicyclic) bond motifs is 3. The molecule has 4 aromatic carbocycles. The van der Waals surface area contributed by atoms with Crippen LogP contribution in [0.25, 0.3) is 11.8 Å². The summed E-state index contributed by atoms with van der Waals surface area (Å²) in [5, 5.41) is 0.647. The number of hydrogen-bond acceptors (Lipinski definition) is 7. The second-order valence-electron chi connectivity index (χ2n) is 11.2. The summed E-state index contributed by atoms with van der Waals surface area (Å²) >= 11 is 7.73. The SMILES string of the molecule is CCOc1cc(/C=c2/sc3n(c2=O)[C@@H](c2ccc(OC)c(OC)c2)C2=C(N=3)c3ccccc3CC2)ccc1OCc1ccccc1Cl. The number of thiazole rings is 1. The molecule has 0 N–H and O–H groups in total. The Kier molecular flexibility index (Phi) is 8.62. The molecule has 1 atom stereocenters. The van der Waals surface area contributed by atoms with E-state index in [1.807, 2.05) is 84.3 Å². The number of aryl methyl sites for hydroxylation is 1. The molecule has 1 aromatic heterocycles. The normalized spacial score (nSPS) is 15.3. The number of ether oxygens (including phenoxy) is 4. The molecule has 47 heavy (non-hydrogen) atoms. The molecule has 5 aromatic rings. The van der Waals surface area contributed by atoms with E-state index in [0.717, 1.165) is 46.4 Å². The topological polar surface area (TPSA) is 71.3 Å². The average Bonchev–Trinajstić information content (AvgIpc) is 3.41. The Morgan fingerprint density at radius 2 is 1.68 bits per heavy atom. The Bertz CT molecular complexity index is 2200. The van der Waals surface area contributed by atoms with Crippen LogP contribution in [0.3, 0.4) is 0 Å². The second-order valence-corrected chi connectivity index (χ2v) is 12.7. The van der Waals surface area contributed by atoms with Crippen LogP contribution in [0, 0.1) is 0 Å². The molecule has 0 spiro atoms. The first-order valence-corrected chi connectivity index (χ1v) is 16.7. The van der Waals surface area contributed by atoms with Gasteiger partial charge < -0.3 is 18.9 Å². The van der Waals surface area contributed by atoms with Crippen LogP contribution in [-0.4, -0.2) is 25.4 Å². The lowest BCUT2D eigenvalue weighted by Crippen LogP contribution is -2.38. The minimum Gasteiger partial charge on any atom is -0.493 e. The highest BCUT2D eigenvalue weighted by molar-refractivity contribution is 7.07. The van der Waals surface area contributed by atoms with Crippen molar-refractivity contribution in [3.8, 4) is 23.0 Å². The van der Waals surface area contributed by atoms with Crippen molar-refractivity contribution in [1.82, 2.24) is 4.57 Å². The summed E-state index contributed by atoms with van der Waals surface area (Å²) < 4.78 is 25.7. The molecule has 0 fully saturated rings. The number of nitrogens with zero attached hydrogens (tertiary/aromatic N) is 2. The molecule has 7 rings (SSSR count). The highest BCUT2D eigenvalue weighted by atomic mass is 35.5. The van der Waals surface area contributed by atoms with E-state index in [-0.39, 0.29) is 11.6 Å². The number of hydrogen-bond donors (Lipinski definition) is 0. The second kappa shape index (κ2) is 13.1. The fraction of sp³-hybridized carbons (Fsp3) is 0.211. The summed E-state index contributed by atoms with van der Waals surface area (Å²) in [7, 11) is 3.24. The molecule has 0 amide bonds.